The second-order valence-electron chi connectivity index (χ2n) is 15.6. The summed E-state index contributed by atoms with van der Waals surface area (Å²) in [4.78, 5) is 0. The highest BCUT2D eigenvalue weighted by molar-refractivity contribution is 6.26. The molecular formula is C54H52N2O4. The van der Waals surface area contributed by atoms with E-state index in [1.807, 2.05) is 24.3 Å². The van der Waals surface area contributed by atoms with E-state index in [0.717, 1.165) is 84.0 Å². The number of unbranched alkanes of at least 4 members (excludes halogenated alkanes) is 2. The van der Waals surface area contributed by atoms with Gasteiger partial charge in [0.05, 0.1) is 50.5 Å². The summed E-state index contributed by atoms with van der Waals surface area (Å²) in [6.45, 7) is 6.38. The van der Waals surface area contributed by atoms with Crippen molar-refractivity contribution in [1.29, 1.82) is 0 Å². The molecule has 0 aliphatic carbocycles. The summed E-state index contributed by atoms with van der Waals surface area (Å²) in [5.41, 5.74) is 14.5. The van der Waals surface area contributed by atoms with E-state index >= 15 is 0 Å². The van der Waals surface area contributed by atoms with Crippen LogP contribution < -0.4 is 18.9 Å². The van der Waals surface area contributed by atoms with E-state index in [1.54, 1.807) is 28.4 Å². The van der Waals surface area contributed by atoms with Crippen molar-refractivity contribution in [2.75, 3.05) is 28.4 Å². The molecule has 302 valence electrons. The SMILES string of the molecule is CCCCn1c2c(-c3ccc(OC)cc3)cc(-c3ccc(OC)cc3)cc2c2ccc3c4cc(-c5ccc(OC)cc5)cc(-c5ccc(OC)cc5)c4n(CCCC)c3c21. The van der Waals surface area contributed by atoms with Crippen LogP contribution in [0.5, 0.6) is 23.0 Å². The second-order valence-corrected chi connectivity index (χ2v) is 15.6. The van der Waals surface area contributed by atoms with Crippen molar-refractivity contribution < 1.29 is 18.9 Å². The van der Waals surface area contributed by atoms with Gasteiger partial charge in [0.25, 0.3) is 0 Å². The van der Waals surface area contributed by atoms with E-state index in [0.29, 0.717) is 0 Å². The van der Waals surface area contributed by atoms with E-state index in [9.17, 15) is 0 Å². The van der Waals surface area contributed by atoms with Gasteiger partial charge in [-0.25, -0.2) is 0 Å². The number of methoxy groups -OCH3 is 4. The summed E-state index contributed by atoms with van der Waals surface area (Å²) in [6.07, 6.45) is 4.30. The highest BCUT2D eigenvalue weighted by Crippen LogP contribution is 2.47. The third-order valence-corrected chi connectivity index (χ3v) is 12.2. The van der Waals surface area contributed by atoms with Gasteiger partial charge in [0.1, 0.15) is 23.0 Å². The van der Waals surface area contributed by atoms with Crippen LogP contribution in [0.25, 0.3) is 88.1 Å². The molecule has 0 spiro atoms. The van der Waals surface area contributed by atoms with E-state index in [4.69, 9.17) is 18.9 Å². The molecule has 2 aromatic heterocycles. The number of benzene rings is 7. The lowest BCUT2D eigenvalue weighted by molar-refractivity contribution is 0.415. The molecule has 0 radical (unpaired) electrons. The summed E-state index contributed by atoms with van der Waals surface area (Å²) >= 11 is 0. The quantitative estimate of drug-likeness (QED) is 0.110. The predicted molar refractivity (Wildman–Crippen MR) is 250 cm³/mol. The van der Waals surface area contributed by atoms with Crippen molar-refractivity contribution in [3.05, 3.63) is 133 Å². The Labute approximate surface area is 352 Å². The van der Waals surface area contributed by atoms with Gasteiger partial charge in [-0.1, -0.05) is 87.4 Å². The zero-order valence-corrected chi connectivity index (χ0v) is 35.5. The van der Waals surface area contributed by atoms with Crippen molar-refractivity contribution in [1.82, 2.24) is 9.13 Å². The number of aromatic nitrogens is 2. The number of fused-ring (bicyclic) bond motifs is 7. The van der Waals surface area contributed by atoms with Crippen LogP contribution in [-0.4, -0.2) is 37.6 Å². The Bertz CT molecular complexity index is 2750. The van der Waals surface area contributed by atoms with Crippen molar-refractivity contribution in [3.63, 3.8) is 0 Å². The van der Waals surface area contributed by atoms with E-state index in [-0.39, 0.29) is 0 Å². The topological polar surface area (TPSA) is 46.8 Å². The lowest BCUT2D eigenvalue weighted by Gasteiger charge is -2.16. The van der Waals surface area contributed by atoms with Crippen LogP contribution in [0.4, 0.5) is 0 Å². The number of nitrogens with zero attached hydrogens (tertiary/aromatic N) is 2. The van der Waals surface area contributed by atoms with Gasteiger partial charge in [0, 0.05) is 45.8 Å². The standard InChI is InChI=1S/C54H52N2O4/c1-7-9-29-55-51-47(37-15-23-43(59-5)24-16-37)31-39(35-11-19-41(57-3)20-12-35)33-49(51)45-27-28-46-50-34-40(36-13-21-42(58-4)22-14-36)32-48(38-17-25-44(60-6)26-18-38)52(50)56(30-10-8-2)54(46)53(45)55/h11-28,31-34H,7-10,29-30H2,1-6H3. The third-order valence-electron chi connectivity index (χ3n) is 12.2. The molecule has 0 saturated carbocycles. The van der Waals surface area contributed by atoms with Crippen LogP contribution in [0.3, 0.4) is 0 Å². The Morgan fingerprint density at radius 1 is 0.333 bits per heavy atom. The maximum Gasteiger partial charge on any atom is 0.118 e. The van der Waals surface area contributed by atoms with Gasteiger partial charge in [-0.2, -0.15) is 0 Å². The molecule has 0 amide bonds. The Hall–Kier alpha value is -6.66. The van der Waals surface area contributed by atoms with Gasteiger partial charge in [-0.3, -0.25) is 0 Å². The van der Waals surface area contributed by atoms with Crippen LogP contribution in [0.15, 0.2) is 133 Å². The molecule has 7 aromatic carbocycles. The van der Waals surface area contributed by atoms with Crippen LogP contribution >= 0.6 is 0 Å². The molecule has 0 unspecified atom stereocenters. The van der Waals surface area contributed by atoms with Crippen LogP contribution in [-0.2, 0) is 13.1 Å². The summed E-state index contributed by atoms with van der Waals surface area (Å²) in [5, 5.41) is 5.04. The van der Waals surface area contributed by atoms with Gasteiger partial charge in [0.15, 0.2) is 0 Å². The van der Waals surface area contributed by atoms with Gasteiger partial charge in [-0.05, 0) is 119 Å². The summed E-state index contributed by atoms with van der Waals surface area (Å²) < 4.78 is 27.6. The molecule has 0 aliphatic rings. The lowest BCUT2D eigenvalue weighted by atomic mass is 9.94. The summed E-state index contributed by atoms with van der Waals surface area (Å²) in [6, 6.07) is 48.3. The van der Waals surface area contributed by atoms with Crippen LogP contribution in [0.2, 0.25) is 0 Å². The molecular weight excluding hydrogens is 741 g/mol. The molecule has 0 atom stereocenters. The largest absolute Gasteiger partial charge is 0.497 e. The Balaban J connectivity index is 1.43. The molecule has 0 aliphatic heterocycles. The fourth-order valence-electron chi connectivity index (χ4n) is 9.01. The minimum absolute atomic E-state index is 0.844. The first-order valence-corrected chi connectivity index (χ1v) is 21.1. The Kier molecular flexibility index (Phi) is 10.7. The summed E-state index contributed by atoms with van der Waals surface area (Å²) in [7, 11) is 6.88. The van der Waals surface area contributed by atoms with E-state index in [1.165, 1.54) is 65.9 Å². The number of ether oxygens (including phenoxy) is 4. The molecule has 9 rings (SSSR count). The van der Waals surface area contributed by atoms with Crippen molar-refractivity contribution in [2.24, 2.45) is 0 Å². The van der Waals surface area contributed by atoms with Crippen LogP contribution in [0.1, 0.15) is 39.5 Å². The van der Waals surface area contributed by atoms with Gasteiger partial charge in [-0.15, -0.1) is 0 Å². The smallest absolute Gasteiger partial charge is 0.118 e. The van der Waals surface area contributed by atoms with Crippen molar-refractivity contribution in [2.45, 2.75) is 52.6 Å². The molecule has 0 saturated heterocycles. The molecule has 0 N–H and O–H groups in total. The number of rotatable bonds is 14. The minimum Gasteiger partial charge on any atom is -0.497 e. The fraction of sp³-hybridized carbons (Fsp3) is 0.222. The molecule has 9 aromatic rings. The van der Waals surface area contributed by atoms with Gasteiger partial charge in [0.2, 0.25) is 0 Å². The zero-order chi connectivity index (χ0) is 41.3. The van der Waals surface area contributed by atoms with Crippen molar-refractivity contribution in [3.8, 4) is 67.5 Å². The zero-order valence-electron chi connectivity index (χ0n) is 35.5. The normalized spacial score (nSPS) is 11.6. The average Bonchev–Trinajstić information content (AvgIpc) is 3.81. The number of hydrogen-bond acceptors (Lipinski definition) is 4. The summed E-state index contributed by atoms with van der Waals surface area (Å²) in [5.74, 6) is 3.38. The Morgan fingerprint density at radius 3 is 0.950 bits per heavy atom. The highest BCUT2D eigenvalue weighted by atomic mass is 16.5. The molecule has 60 heavy (non-hydrogen) atoms. The number of hydrogen-bond donors (Lipinski definition) is 0. The maximum absolute atomic E-state index is 5.62. The minimum atomic E-state index is 0.844. The first-order valence-electron chi connectivity index (χ1n) is 21.1. The highest BCUT2D eigenvalue weighted by Gasteiger charge is 2.25. The van der Waals surface area contributed by atoms with E-state index in [2.05, 4.69) is 132 Å². The predicted octanol–water partition coefficient (Wildman–Crippen LogP) is 14.2. The fourth-order valence-corrected chi connectivity index (χ4v) is 9.01. The van der Waals surface area contributed by atoms with Gasteiger partial charge >= 0.3 is 0 Å². The lowest BCUT2D eigenvalue weighted by Crippen LogP contribution is -2.03. The third kappa shape index (κ3) is 6.80. The molecule has 2 heterocycles. The molecule has 6 heteroatoms. The second kappa shape index (κ2) is 16.5. The van der Waals surface area contributed by atoms with Crippen LogP contribution in [0, 0.1) is 0 Å². The van der Waals surface area contributed by atoms with E-state index < -0.39 is 0 Å². The monoisotopic (exact) mass is 792 g/mol. The number of aryl methyl sites for hydroxylation is 2. The Morgan fingerprint density at radius 2 is 0.650 bits per heavy atom. The maximum atomic E-state index is 5.62. The molecule has 0 bridgehead atoms. The first-order chi connectivity index (χ1) is 29.5. The molecule has 0 fully saturated rings. The average molecular weight is 793 g/mol. The van der Waals surface area contributed by atoms with Gasteiger partial charge < -0.3 is 28.1 Å². The molecule has 6 nitrogen and oxygen atoms in total. The first kappa shape index (κ1) is 38.8. The van der Waals surface area contributed by atoms with Crippen molar-refractivity contribution >= 4 is 43.6 Å².